The Hall–Kier alpha value is -1.40. The maximum absolute atomic E-state index is 3.81. The summed E-state index contributed by atoms with van der Waals surface area (Å²) in [6.45, 7) is 0. The third-order valence-electron chi connectivity index (χ3n) is 3.29. The van der Waals surface area contributed by atoms with Crippen LogP contribution in [0.1, 0.15) is 24.8 Å². The Kier molecular flexibility index (Phi) is 2.15. The van der Waals surface area contributed by atoms with Crippen LogP contribution >= 0.6 is 0 Å². The number of nitrogens with zero attached hydrogens (tertiary/aromatic N) is 2. The standard InChI is InChI=1S/C12H13N3/c1(9-5-6-13-14-8-9)2-10-7-11-3-4-12(10)15-11/h5-6,8,10-12,15H,3-4,7H2. The van der Waals surface area contributed by atoms with Gasteiger partial charge in [-0.25, -0.2) is 0 Å². The van der Waals surface area contributed by atoms with Gasteiger partial charge in [-0.05, 0) is 25.3 Å². The fourth-order valence-corrected chi connectivity index (χ4v) is 2.52. The topological polar surface area (TPSA) is 37.8 Å². The van der Waals surface area contributed by atoms with E-state index in [0.717, 1.165) is 11.6 Å². The fraction of sp³-hybridized carbons (Fsp3) is 0.500. The van der Waals surface area contributed by atoms with E-state index < -0.39 is 0 Å². The molecule has 0 aromatic carbocycles. The molecule has 2 fully saturated rings. The van der Waals surface area contributed by atoms with Gasteiger partial charge in [-0.1, -0.05) is 11.8 Å². The highest BCUT2D eigenvalue weighted by Gasteiger charge is 2.37. The van der Waals surface area contributed by atoms with Gasteiger partial charge in [0.2, 0.25) is 0 Å². The molecule has 0 saturated carbocycles. The van der Waals surface area contributed by atoms with E-state index in [-0.39, 0.29) is 0 Å². The minimum absolute atomic E-state index is 0.539. The van der Waals surface area contributed by atoms with Crippen LogP contribution < -0.4 is 5.32 Å². The maximum Gasteiger partial charge on any atom is 0.0652 e. The second kappa shape index (κ2) is 3.63. The van der Waals surface area contributed by atoms with E-state index in [1.54, 1.807) is 12.4 Å². The van der Waals surface area contributed by atoms with E-state index in [4.69, 9.17) is 0 Å². The van der Waals surface area contributed by atoms with E-state index in [2.05, 4.69) is 27.4 Å². The van der Waals surface area contributed by atoms with Crippen LogP contribution in [0.3, 0.4) is 0 Å². The molecule has 3 atom stereocenters. The predicted molar refractivity (Wildman–Crippen MR) is 57.0 cm³/mol. The summed E-state index contributed by atoms with van der Waals surface area (Å²) in [5, 5.41) is 11.1. The summed E-state index contributed by atoms with van der Waals surface area (Å²) >= 11 is 0. The molecule has 1 N–H and O–H groups in total. The average Bonchev–Trinajstić information content (AvgIpc) is 2.89. The molecule has 2 aliphatic rings. The van der Waals surface area contributed by atoms with Gasteiger partial charge in [0.25, 0.3) is 0 Å². The summed E-state index contributed by atoms with van der Waals surface area (Å²) in [5.74, 6) is 7.07. The van der Waals surface area contributed by atoms with Gasteiger partial charge >= 0.3 is 0 Å². The molecule has 1 aromatic heterocycles. The van der Waals surface area contributed by atoms with Crippen molar-refractivity contribution in [3.05, 3.63) is 24.0 Å². The number of aromatic nitrogens is 2. The van der Waals surface area contributed by atoms with Crippen molar-refractivity contribution in [2.45, 2.75) is 31.3 Å². The molecular weight excluding hydrogens is 186 g/mol. The Labute approximate surface area is 89.3 Å². The molecule has 2 bridgehead atoms. The first-order valence-corrected chi connectivity index (χ1v) is 5.46. The van der Waals surface area contributed by atoms with E-state index in [1.807, 2.05) is 6.07 Å². The van der Waals surface area contributed by atoms with Gasteiger partial charge in [-0.2, -0.15) is 10.2 Å². The predicted octanol–water partition coefficient (Wildman–Crippen LogP) is 0.969. The Morgan fingerprint density at radius 3 is 3.00 bits per heavy atom. The minimum Gasteiger partial charge on any atom is -0.310 e. The molecule has 2 saturated heterocycles. The molecule has 1 aromatic rings. The van der Waals surface area contributed by atoms with Crippen LogP contribution in [0.4, 0.5) is 0 Å². The first-order valence-electron chi connectivity index (χ1n) is 5.46. The van der Waals surface area contributed by atoms with Crippen LogP contribution in [-0.4, -0.2) is 22.3 Å². The molecule has 3 heteroatoms. The van der Waals surface area contributed by atoms with Gasteiger partial charge < -0.3 is 5.32 Å². The first kappa shape index (κ1) is 8.87. The van der Waals surface area contributed by atoms with Crippen molar-refractivity contribution in [3.8, 4) is 11.8 Å². The normalized spacial score (nSPS) is 32.4. The second-order valence-corrected chi connectivity index (χ2v) is 4.29. The fourth-order valence-electron chi connectivity index (χ4n) is 2.52. The molecule has 3 nitrogen and oxygen atoms in total. The van der Waals surface area contributed by atoms with Gasteiger partial charge in [0.1, 0.15) is 0 Å². The van der Waals surface area contributed by atoms with E-state index >= 15 is 0 Å². The zero-order valence-electron chi connectivity index (χ0n) is 8.48. The highest BCUT2D eigenvalue weighted by atomic mass is 15.1. The average molecular weight is 199 g/mol. The minimum atomic E-state index is 0.539. The Balaban J connectivity index is 1.74. The summed E-state index contributed by atoms with van der Waals surface area (Å²) in [6, 6.07) is 3.27. The quantitative estimate of drug-likeness (QED) is 0.633. The largest absolute Gasteiger partial charge is 0.310 e. The van der Waals surface area contributed by atoms with E-state index in [1.165, 1.54) is 19.3 Å². The molecule has 0 amide bonds. The molecule has 0 aliphatic carbocycles. The molecule has 76 valence electrons. The molecule has 15 heavy (non-hydrogen) atoms. The van der Waals surface area contributed by atoms with Crippen LogP contribution in [-0.2, 0) is 0 Å². The number of hydrogen-bond acceptors (Lipinski definition) is 3. The lowest BCUT2D eigenvalue weighted by atomic mass is 9.89. The number of fused-ring (bicyclic) bond motifs is 2. The third-order valence-corrected chi connectivity index (χ3v) is 3.29. The molecular formula is C12H13N3. The van der Waals surface area contributed by atoms with Gasteiger partial charge in [-0.15, -0.1) is 0 Å². The second-order valence-electron chi connectivity index (χ2n) is 4.29. The summed E-state index contributed by atoms with van der Waals surface area (Å²) in [5.41, 5.74) is 0.966. The number of rotatable bonds is 0. The molecule has 3 rings (SSSR count). The van der Waals surface area contributed by atoms with Crippen molar-refractivity contribution in [2.24, 2.45) is 5.92 Å². The van der Waals surface area contributed by atoms with Crippen molar-refractivity contribution in [1.29, 1.82) is 0 Å². The van der Waals surface area contributed by atoms with Crippen LogP contribution in [0.2, 0.25) is 0 Å². The van der Waals surface area contributed by atoms with Crippen molar-refractivity contribution in [2.75, 3.05) is 0 Å². The maximum atomic E-state index is 3.81. The Morgan fingerprint density at radius 1 is 1.33 bits per heavy atom. The van der Waals surface area contributed by atoms with Crippen molar-refractivity contribution < 1.29 is 0 Å². The molecule has 3 heterocycles. The van der Waals surface area contributed by atoms with Crippen molar-refractivity contribution >= 4 is 0 Å². The summed E-state index contributed by atoms with van der Waals surface area (Å²) in [6.07, 6.45) is 7.24. The number of nitrogens with one attached hydrogen (secondary N) is 1. The molecule has 2 aliphatic heterocycles. The monoisotopic (exact) mass is 199 g/mol. The summed E-state index contributed by atoms with van der Waals surface area (Å²) in [4.78, 5) is 0. The third kappa shape index (κ3) is 1.73. The smallest absolute Gasteiger partial charge is 0.0652 e. The lowest BCUT2D eigenvalue weighted by Crippen LogP contribution is -2.21. The summed E-state index contributed by atoms with van der Waals surface area (Å²) < 4.78 is 0. The Bertz CT molecular complexity index is 404. The zero-order valence-corrected chi connectivity index (χ0v) is 8.48. The number of hydrogen-bond donors (Lipinski definition) is 1. The first-order chi connectivity index (χ1) is 7.42. The van der Waals surface area contributed by atoms with Crippen LogP contribution in [0.15, 0.2) is 18.5 Å². The lowest BCUT2D eigenvalue weighted by molar-refractivity contribution is 0.493. The van der Waals surface area contributed by atoms with Crippen LogP contribution in [0, 0.1) is 17.8 Å². The molecule has 3 unspecified atom stereocenters. The van der Waals surface area contributed by atoms with Crippen molar-refractivity contribution in [1.82, 2.24) is 15.5 Å². The highest BCUT2D eigenvalue weighted by Crippen LogP contribution is 2.32. The molecule has 0 radical (unpaired) electrons. The Morgan fingerprint density at radius 2 is 2.33 bits per heavy atom. The summed E-state index contributed by atoms with van der Waals surface area (Å²) in [7, 11) is 0. The molecule has 0 spiro atoms. The van der Waals surface area contributed by atoms with Gasteiger partial charge in [0, 0.05) is 23.6 Å². The van der Waals surface area contributed by atoms with Gasteiger partial charge in [0.15, 0.2) is 0 Å². The van der Waals surface area contributed by atoms with Gasteiger partial charge in [0.05, 0.1) is 12.4 Å². The van der Waals surface area contributed by atoms with Crippen molar-refractivity contribution in [3.63, 3.8) is 0 Å². The van der Waals surface area contributed by atoms with Crippen LogP contribution in [0.5, 0.6) is 0 Å². The van der Waals surface area contributed by atoms with Crippen LogP contribution in [0.25, 0.3) is 0 Å². The lowest BCUT2D eigenvalue weighted by Gasteiger charge is -2.13. The zero-order chi connectivity index (χ0) is 10.1. The van der Waals surface area contributed by atoms with Gasteiger partial charge in [-0.3, -0.25) is 0 Å². The highest BCUT2D eigenvalue weighted by molar-refractivity contribution is 5.32. The van der Waals surface area contributed by atoms with E-state index in [9.17, 15) is 0 Å². The SMILES string of the molecule is C(#CC1CC2CCC1N2)c1ccnnc1. The van der Waals surface area contributed by atoms with E-state index in [0.29, 0.717) is 12.0 Å².